The van der Waals surface area contributed by atoms with Crippen LogP contribution in [0.5, 0.6) is 0 Å². The molecule has 0 saturated heterocycles. The van der Waals surface area contributed by atoms with Gasteiger partial charge in [-0.2, -0.15) is 0 Å². The third kappa shape index (κ3) is 5.48. The molecule has 0 aromatic heterocycles. The van der Waals surface area contributed by atoms with Gasteiger partial charge in [-0.25, -0.2) is 0 Å². The Morgan fingerprint density at radius 3 is 2.31 bits per heavy atom. The molecule has 4 nitrogen and oxygen atoms in total. The van der Waals surface area contributed by atoms with Gasteiger partial charge >= 0.3 is 0 Å². The first-order chi connectivity index (χ1) is 12.4. The second-order valence-electron chi connectivity index (χ2n) is 5.95. The van der Waals surface area contributed by atoms with Gasteiger partial charge in [-0.3, -0.25) is 9.59 Å². The van der Waals surface area contributed by atoms with Gasteiger partial charge in [0.1, 0.15) is 6.54 Å². The smallest absolute Gasteiger partial charge is 0.254 e. The van der Waals surface area contributed by atoms with Crippen LogP contribution in [0.25, 0.3) is 0 Å². The Hall–Kier alpha value is -2.04. The molecular formula is C20H22Cl2N2O2. The number of hydrogen-bond acceptors (Lipinski definition) is 2. The summed E-state index contributed by atoms with van der Waals surface area (Å²) in [4.78, 5) is 26.7. The van der Waals surface area contributed by atoms with Crippen molar-refractivity contribution in [2.45, 2.75) is 26.7 Å². The van der Waals surface area contributed by atoms with Gasteiger partial charge in [0.15, 0.2) is 0 Å². The molecular weight excluding hydrogens is 371 g/mol. The zero-order valence-corrected chi connectivity index (χ0v) is 16.4. The lowest BCUT2D eigenvalue weighted by Crippen LogP contribution is -2.38. The molecule has 0 aliphatic carbocycles. The molecule has 2 aromatic carbocycles. The molecule has 2 rings (SSSR count). The Balaban J connectivity index is 2.08. The Bertz CT molecular complexity index is 776. The van der Waals surface area contributed by atoms with Crippen molar-refractivity contribution in [2.75, 3.05) is 18.4 Å². The lowest BCUT2D eigenvalue weighted by atomic mass is 10.1. The summed E-state index contributed by atoms with van der Waals surface area (Å²) < 4.78 is 0. The molecule has 0 saturated carbocycles. The van der Waals surface area contributed by atoms with Crippen LogP contribution in [-0.4, -0.2) is 29.8 Å². The first-order valence-electron chi connectivity index (χ1n) is 8.57. The van der Waals surface area contributed by atoms with Crippen molar-refractivity contribution in [3.8, 4) is 0 Å². The van der Waals surface area contributed by atoms with Gasteiger partial charge in [0, 0.05) is 17.1 Å². The molecule has 0 atom stereocenters. The van der Waals surface area contributed by atoms with Crippen LogP contribution in [-0.2, 0) is 11.2 Å². The van der Waals surface area contributed by atoms with E-state index in [-0.39, 0.29) is 18.4 Å². The van der Waals surface area contributed by atoms with Crippen molar-refractivity contribution in [1.82, 2.24) is 4.90 Å². The van der Waals surface area contributed by atoms with Crippen molar-refractivity contribution in [3.05, 3.63) is 63.6 Å². The molecule has 1 N–H and O–H groups in total. The number of amides is 2. The van der Waals surface area contributed by atoms with Crippen molar-refractivity contribution in [2.24, 2.45) is 0 Å². The average Bonchev–Trinajstić information content (AvgIpc) is 2.63. The van der Waals surface area contributed by atoms with Gasteiger partial charge in [0.2, 0.25) is 5.91 Å². The second-order valence-corrected chi connectivity index (χ2v) is 6.79. The minimum atomic E-state index is -0.304. The molecule has 26 heavy (non-hydrogen) atoms. The normalized spacial score (nSPS) is 10.5. The van der Waals surface area contributed by atoms with Crippen LogP contribution in [0.4, 0.5) is 5.69 Å². The quantitative estimate of drug-likeness (QED) is 0.716. The van der Waals surface area contributed by atoms with Crippen molar-refractivity contribution < 1.29 is 9.59 Å². The predicted octanol–water partition coefficient (Wildman–Crippen LogP) is 5.05. The van der Waals surface area contributed by atoms with Gasteiger partial charge in [0.05, 0.1) is 10.7 Å². The maximum absolute atomic E-state index is 12.7. The van der Waals surface area contributed by atoms with Crippen molar-refractivity contribution >= 4 is 40.7 Å². The topological polar surface area (TPSA) is 49.4 Å². The van der Waals surface area contributed by atoms with Crippen molar-refractivity contribution in [1.29, 1.82) is 0 Å². The molecule has 6 heteroatoms. The molecule has 0 spiro atoms. The number of anilines is 1. The van der Waals surface area contributed by atoms with Crippen LogP contribution in [0.3, 0.4) is 0 Å². The molecule has 0 bridgehead atoms. The lowest BCUT2D eigenvalue weighted by Gasteiger charge is -2.22. The summed E-state index contributed by atoms with van der Waals surface area (Å²) in [5, 5.41) is 3.58. The molecule has 2 amide bonds. The molecule has 0 heterocycles. The number of benzene rings is 2. The van der Waals surface area contributed by atoms with Crippen LogP contribution in [0.2, 0.25) is 10.0 Å². The molecule has 2 aromatic rings. The first-order valence-corrected chi connectivity index (χ1v) is 9.33. The Labute approximate surface area is 164 Å². The van der Waals surface area contributed by atoms with Crippen LogP contribution >= 0.6 is 23.2 Å². The predicted molar refractivity (Wildman–Crippen MR) is 107 cm³/mol. The zero-order valence-electron chi connectivity index (χ0n) is 14.9. The number of carbonyl (C=O) groups excluding carboxylic acids is 2. The van der Waals surface area contributed by atoms with Gasteiger partial charge in [0.25, 0.3) is 5.91 Å². The minimum absolute atomic E-state index is 0.0405. The van der Waals surface area contributed by atoms with Crippen LogP contribution < -0.4 is 5.32 Å². The second kappa shape index (κ2) is 9.60. The van der Waals surface area contributed by atoms with E-state index < -0.39 is 0 Å². The fraction of sp³-hybridized carbons (Fsp3) is 0.300. The summed E-state index contributed by atoms with van der Waals surface area (Å²) >= 11 is 11.9. The Kier molecular flexibility index (Phi) is 7.49. The highest BCUT2D eigenvalue weighted by molar-refractivity contribution is 6.36. The highest BCUT2D eigenvalue weighted by Crippen LogP contribution is 2.25. The lowest BCUT2D eigenvalue weighted by molar-refractivity contribution is -0.116. The third-order valence-electron chi connectivity index (χ3n) is 3.93. The molecule has 0 fully saturated rings. The first kappa shape index (κ1) is 20.3. The molecule has 138 valence electrons. The van der Waals surface area contributed by atoms with E-state index in [0.717, 1.165) is 12.8 Å². The van der Waals surface area contributed by atoms with E-state index in [1.807, 2.05) is 19.1 Å². The van der Waals surface area contributed by atoms with Gasteiger partial charge in [-0.15, -0.1) is 0 Å². The van der Waals surface area contributed by atoms with Gasteiger partial charge < -0.3 is 10.2 Å². The Morgan fingerprint density at radius 2 is 1.73 bits per heavy atom. The van der Waals surface area contributed by atoms with Crippen LogP contribution in [0, 0.1) is 0 Å². The number of hydrogen-bond donors (Lipinski definition) is 1. The highest BCUT2D eigenvalue weighted by atomic mass is 35.5. The summed E-state index contributed by atoms with van der Waals surface area (Å²) in [6.07, 6.45) is 1.67. The van der Waals surface area contributed by atoms with E-state index in [4.69, 9.17) is 23.2 Å². The number of nitrogens with zero attached hydrogens (tertiary/aromatic N) is 1. The summed E-state index contributed by atoms with van der Waals surface area (Å²) in [7, 11) is 0. The maximum Gasteiger partial charge on any atom is 0.254 e. The van der Waals surface area contributed by atoms with E-state index >= 15 is 0 Å². The molecule has 0 unspecified atom stereocenters. The monoisotopic (exact) mass is 392 g/mol. The molecule has 0 aliphatic heterocycles. The third-order valence-corrected chi connectivity index (χ3v) is 4.48. The summed E-state index contributed by atoms with van der Waals surface area (Å²) in [5.74, 6) is -0.465. The van der Waals surface area contributed by atoms with Crippen LogP contribution in [0.15, 0.2) is 42.5 Å². The molecule has 0 aliphatic rings. The van der Waals surface area contributed by atoms with E-state index in [1.54, 1.807) is 35.2 Å². The average molecular weight is 393 g/mol. The van der Waals surface area contributed by atoms with E-state index in [2.05, 4.69) is 12.2 Å². The van der Waals surface area contributed by atoms with Crippen molar-refractivity contribution in [3.63, 3.8) is 0 Å². The highest BCUT2D eigenvalue weighted by Gasteiger charge is 2.18. The number of rotatable bonds is 7. The van der Waals surface area contributed by atoms with E-state index in [1.165, 1.54) is 5.56 Å². The number of aryl methyl sites for hydroxylation is 1. The van der Waals surface area contributed by atoms with E-state index in [0.29, 0.717) is 27.8 Å². The van der Waals surface area contributed by atoms with Crippen LogP contribution in [0.1, 0.15) is 36.2 Å². The minimum Gasteiger partial charge on any atom is -0.329 e. The Morgan fingerprint density at radius 1 is 1.04 bits per heavy atom. The van der Waals surface area contributed by atoms with E-state index in [9.17, 15) is 9.59 Å². The van der Waals surface area contributed by atoms with Gasteiger partial charge in [-0.05, 0) is 48.7 Å². The van der Waals surface area contributed by atoms with Gasteiger partial charge in [-0.1, -0.05) is 49.2 Å². The zero-order chi connectivity index (χ0) is 19.1. The SMILES string of the molecule is CCCN(CC(=O)Nc1ccc(Cl)cc1Cl)C(=O)c1ccc(CC)cc1. The number of nitrogens with one attached hydrogen (secondary N) is 1. The maximum atomic E-state index is 12.7. The fourth-order valence-electron chi connectivity index (χ4n) is 2.54. The largest absolute Gasteiger partial charge is 0.329 e. The summed E-state index contributed by atoms with van der Waals surface area (Å²) in [5.41, 5.74) is 2.21. The number of halogens is 2. The summed E-state index contributed by atoms with van der Waals surface area (Å²) in [6, 6.07) is 12.3. The summed E-state index contributed by atoms with van der Waals surface area (Å²) in [6.45, 7) is 4.48. The number of carbonyl (C=O) groups is 2. The standard InChI is InChI=1S/C20H22Cl2N2O2/c1-3-11-24(20(26)15-7-5-14(4-2)6-8-15)13-19(25)23-18-10-9-16(21)12-17(18)22/h5-10,12H,3-4,11,13H2,1-2H3,(H,23,25). The molecule has 0 radical (unpaired) electrons. The fourth-order valence-corrected chi connectivity index (χ4v) is 3.00.